The molecule has 2 saturated heterocycles. The zero-order valence-corrected chi connectivity index (χ0v) is 13.2. The molecule has 2 unspecified atom stereocenters. The van der Waals surface area contributed by atoms with Crippen LogP contribution in [0.15, 0.2) is 36.4 Å². The smallest absolute Gasteiger partial charge is 0.234 e. The molecule has 0 radical (unpaired) electrons. The van der Waals surface area contributed by atoms with Crippen molar-refractivity contribution in [2.75, 3.05) is 19.6 Å². The summed E-state index contributed by atoms with van der Waals surface area (Å²) in [5, 5.41) is 2.21. The third-order valence-corrected chi connectivity index (χ3v) is 4.61. The van der Waals surface area contributed by atoms with E-state index in [1.54, 1.807) is 0 Å². The number of fused-ring (bicyclic) bond motifs is 2. The third kappa shape index (κ3) is 3.57. The fraction of sp³-hybridized carbons (Fsp3) is 0.500. The Morgan fingerprint density at radius 1 is 1.23 bits per heavy atom. The maximum Gasteiger partial charge on any atom is 0.234 e. The minimum absolute atomic E-state index is 0.134. The Morgan fingerprint density at radius 2 is 1.91 bits per heavy atom. The van der Waals surface area contributed by atoms with Gasteiger partial charge in [-0.3, -0.25) is 15.1 Å². The molecule has 1 aromatic rings. The molecule has 0 spiro atoms. The second kappa shape index (κ2) is 7.07. The predicted molar refractivity (Wildman–Crippen MR) is 89.0 cm³/mol. The van der Waals surface area contributed by atoms with Crippen LogP contribution in [-0.4, -0.2) is 47.5 Å². The largest absolute Gasteiger partial charge is 0.296 e. The van der Waals surface area contributed by atoms with E-state index in [9.17, 15) is 4.79 Å². The van der Waals surface area contributed by atoms with Gasteiger partial charge in [0.05, 0.1) is 0 Å². The molecular weight excluding hydrogens is 274 g/mol. The van der Waals surface area contributed by atoms with Crippen LogP contribution in [0, 0.1) is 0 Å². The van der Waals surface area contributed by atoms with Gasteiger partial charge in [0.15, 0.2) is 0 Å². The van der Waals surface area contributed by atoms with Crippen LogP contribution in [0.3, 0.4) is 0 Å². The molecule has 4 heteroatoms. The molecule has 2 fully saturated rings. The van der Waals surface area contributed by atoms with E-state index in [1.165, 1.54) is 18.4 Å². The first-order valence-electron chi connectivity index (χ1n) is 8.28. The van der Waals surface area contributed by atoms with Gasteiger partial charge >= 0.3 is 0 Å². The predicted octanol–water partition coefficient (Wildman–Crippen LogP) is 2.29. The molecule has 1 N–H and O–H groups in total. The Kier molecular flexibility index (Phi) is 4.90. The lowest BCUT2D eigenvalue weighted by Gasteiger charge is -2.40. The second-order valence-corrected chi connectivity index (χ2v) is 6.21. The van der Waals surface area contributed by atoms with Crippen molar-refractivity contribution in [3.8, 4) is 0 Å². The van der Waals surface area contributed by atoms with Crippen molar-refractivity contribution in [2.24, 2.45) is 0 Å². The van der Waals surface area contributed by atoms with Gasteiger partial charge < -0.3 is 0 Å². The van der Waals surface area contributed by atoms with Crippen molar-refractivity contribution >= 4 is 12.0 Å². The van der Waals surface area contributed by atoms with E-state index in [4.69, 9.17) is 0 Å². The molecule has 22 heavy (non-hydrogen) atoms. The number of rotatable bonds is 5. The zero-order chi connectivity index (χ0) is 15.4. The van der Waals surface area contributed by atoms with Crippen molar-refractivity contribution in [3.05, 3.63) is 42.0 Å². The average Bonchev–Trinajstić information content (AvgIpc) is 2.78. The maximum atomic E-state index is 11.6. The number of benzene rings is 1. The summed E-state index contributed by atoms with van der Waals surface area (Å²) in [6.07, 6.45) is 7.36. The standard InChI is InChI=1S/C18H25N3O/c1-2-18(22)19-21-16-10-11-17(21)14-20(13-16)12-6-9-15-7-4-3-5-8-15/h3-9,16-17H,2,10-14H2,1H3,(H,19,22)/b9-6+. The van der Waals surface area contributed by atoms with E-state index in [2.05, 4.69) is 51.8 Å². The Bertz CT molecular complexity index is 514. The van der Waals surface area contributed by atoms with Gasteiger partial charge in [-0.2, -0.15) is 0 Å². The monoisotopic (exact) mass is 299 g/mol. The maximum absolute atomic E-state index is 11.6. The minimum Gasteiger partial charge on any atom is -0.296 e. The fourth-order valence-corrected chi connectivity index (χ4v) is 3.45. The van der Waals surface area contributed by atoms with E-state index >= 15 is 0 Å². The molecule has 0 saturated carbocycles. The fourth-order valence-electron chi connectivity index (χ4n) is 3.45. The number of nitrogens with one attached hydrogen (secondary N) is 1. The summed E-state index contributed by atoms with van der Waals surface area (Å²) >= 11 is 0. The van der Waals surface area contributed by atoms with Gasteiger partial charge in [-0.25, -0.2) is 5.01 Å². The SMILES string of the molecule is CCC(=O)NN1C2CCC1CN(C/C=C/c1ccccc1)C2. The highest BCUT2D eigenvalue weighted by Crippen LogP contribution is 2.28. The Labute approximate surface area is 132 Å². The van der Waals surface area contributed by atoms with Crippen molar-refractivity contribution in [1.29, 1.82) is 0 Å². The van der Waals surface area contributed by atoms with Crippen LogP contribution >= 0.6 is 0 Å². The van der Waals surface area contributed by atoms with Crippen molar-refractivity contribution in [1.82, 2.24) is 15.3 Å². The van der Waals surface area contributed by atoms with Crippen LogP contribution in [0.1, 0.15) is 31.7 Å². The highest BCUT2D eigenvalue weighted by Gasteiger charge is 2.40. The summed E-state index contributed by atoms with van der Waals surface area (Å²) in [5.41, 5.74) is 4.33. The van der Waals surface area contributed by atoms with E-state index in [0.29, 0.717) is 18.5 Å². The zero-order valence-electron chi connectivity index (χ0n) is 13.2. The molecule has 0 aliphatic carbocycles. The van der Waals surface area contributed by atoms with E-state index < -0.39 is 0 Å². The van der Waals surface area contributed by atoms with E-state index in [0.717, 1.165) is 19.6 Å². The van der Waals surface area contributed by atoms with Crippen LogP contribution < -0.4 is 5.43 Å². The molecule has 3 rings (SSSR count). The molecule has 1 amide bonds. The first-order valence-corrected chi connectivity index (χ1v) is 8.28. The van der Waals surface area contributed by atoms with Crippen molar-refractivity contribution in [2.45, 2.75) is 38.3 Å². The summed E-state index contributed by atoms with van der Waals surface area (Å²) in [7, 11) is 0. The van der Waals surface area contributed by atoms with E-state index in [1.807, 2.05) is 13.0 Å². The molecule has 4 nitrogen and oxygen atoms in total. The van der Waals surface area contributed by atoms with Gasteiger partial charge in [-0.05, 0) is 18.4 Å². The third-order valence-electron chi connectivity index (χ3n) is 4.61. The number of nitrogens with zero attached hydrogens (tertiary/aromatic N) is 2. The van der Waals surface area contributed by atoms with Gasteiger partial charge in [0.1, 0.15) is 0 Å². The highest BCUT2D eigenvalue weighted by atomic mass is 16.2. The lowest BCUT2D eigenvalue weighted by Crippen LogP contribution is -2.59. The molecule has 2 atom stereocenters. The van der Waals surface area contributed by atoms with E-state index in [-0.39, 0.29) is 5.91 Å². The summed E-state index contributed by atoms with van der Waals surface area (Å²) in [6.45, 7) is 4.97. The van der Waals surface area contributed by atoms with Crippen molar-refractivity contribution < 1.29 is 4.79 Å². The molecule has 2 aliphatic rings. The quantitative estimate of drug-likeness (QED) is 0.906. The number of hydrazine groups is 1. The number of carbonyl (C=O) groups is 1. The molecule has 2 bridgehead atoms. The van der Waals surface area contributed by atoms with Gasteiger partial charge in [0, 0.05) is 38.1 Å². The Morgan fingerprint density at radius 3 is 2.55 bits per heavy atom. The van der Waals surface area contributed by atoms with Gasteiger partial charge in [-0.1, -0.05) is 49.4 Å². The summed E-state index contributed by atoms with van der Waals surface area (Å²) in [6, 6.07) is 11.4. The highest BCUT2D eigenvalue weighted by molar-refractivity contribution is 5.75. The normalized spacial score (nSPS) is 25.7. The minimum atomic E-state index is 0.134. The first-order chi connectivity index (χ1) is 10.8. The van der Waals surface area contributed by atoms with Gasteiger partial charge in [0.25, 0.3) is 0 Å². The number of hydrogen-bond acceptors (Lipinski definition) is 3. The van der Waals surface area contributed by atoms with Crippen molar-refractivity contribution in [3.63, 3.8) is 0 Å². The van der Waals surface area contributed by atoms with Crippen LogP contribution in [0.5, 0.6) is 0 Å². The summed E-state index contributed by atoms with van der Waals surface area (Å²) in [5.74, 6) is 0.134. The molecule has 118 valence electrons. The lowest BCUT2D eigenvalue weighted by molar-refractivity contribution is -0.128. The molecule has 0 aromatic heterocycles. The average molecular weight is 299 g/mol. The topological polar surface area (TPSA) is 35.6 Å². The molecular formula is C18H25N3O. The first kappa shape index (κ1) is 15.3. The molecule has 2 heterocycles. The van der Waals surface area contributed by atoms with Crippen LogP contribution in [0.2, 0.25) is 0 Å². The molecule has 2 aliphatic heterocycles. The Hall–Kier alpha value is -1.65. The summed E-state index contributed by atoms with van der Waals surface area (Å²) in [4.78, 5) is 14.1. The second-order valence-electron chi connectivity index (χ2n) is 6.21. The number of piperazine rings is 1. The number of likely N-dealkylation sites (tertiary alicyclic amines) is 1. The van der Waals surface area contributed by atoms with Gasteiger partial charge in [0.2, 0.25) is 5.91 Å². The van der Waals surface area contributed by atoms with Crippen LogP contribution in [0.25, 0.3) is 6.08 Å². The molecule has 1 aromatic carbocycles. The summed E-state index contributed by atoms with van der Waals surface area (Å²) < 4.78 is 0. The van der Waals surface area contributed by atoms with Gasteiger partial charge in [-0.15, -0.1) is 0 Å². The lowest BCUT2D eigenvalue weighted by atomic mass is 10.2. The number of hydrogen-bond donors (Lipinski definition) is 1. The number of carbonyl (C=O) groups excluding carboxylic acids is 1. The van der Waals surface area contributed by atoms with Crippen LogP contribution in [0.4, 0.5) is 0 Å². The Balaban J connectivity index is 1.52. The van der Waals surface area contributed by atoms with Crippen LogP contribution in [-0.2, 0) is 4.79 Å². The number of amides is 1.